The molecule has 1 N–H and O–H groups in total. The number of hydrogen-bond acceptors (Lipinski definition) is 4. The van der Waals surface area contributed by atoms with Gasteiger partial charge in [-0.25, -0.2) is 4.79 Å². The van der Waals surface area contributed by atoms with Crippen molar-refractivity contribution in [3.8, 4) is 0 Å². The Hall–Kier alpha value is -2.08. The van der Waals surface area contributed by atoms with Gasteiger partial charge in [-0.3, -0.25) is 4.79 Å². The minimum Gasteiger partial charge on any atom is -0.465 e. The van der Waals surface area contributed by atoms with E-state index in [0.717, 1.165) is 12.8 Å². The highest BCUT2D eigenvalue weighted by molar-refractivity contribution is 6.02. The van der Waals surface area contributed by atoms with Crippen LogP contribution in [0.5, 0.6) is 0 Å². The molecule has 1 fully saturated rings. The first-order valence-electron chi connectivity index (χ1n) is 6.60. The van der Waals surface area contributed by atoms with Gasteiger partial charge < -0.3 is 19.0 Å². The number of rotatable bonds is 2. The van der Waals surface area contributed by atoms with Crippen LogP contribution >= 0.6 is 0 Å². The number of esters is 1. The molecule has 2 aromatic rings. The molecule has 106 valence electrons. The Morgan fingerprint density at radius 3 is 2.90 bits per heavy atom. The predicted octanol–water partition coefficient (Wildman–Crippen LogP) is 1.47. The fraction of sp³-hybridized carbons (Fsp3) is 0.429. The number of nitrogens with one attached hydrogen (secondary N) is 1. The fourth-order valence-corrected chi connectivity index (χ4v) is 2.67. The SMILES string of the molecule is COC(=O)c1cn(C2CCOCC2)c(=O)c2cc[nH]c12. The molecule has 0 saturated carbocycles. The molecule has 1 aliphatic heterocycles. The van der Waals surface area contributed by atoms with Gasteiger partial charge in [0, 0.05) is 31.6 Å². The lowest BCUT2D eigenvalue weighted by Crippen LogP contribution is -2.29. The maximum atomic E-state index is 12.5. The Morgan fingerprint density at radius 1 is 1.45 bits per heavy atom. The third kappa shape index (κ3) is 2.02. The number of carbonyl (C=O) groups excluding carboxylic acids is 1. The van der Waals surface area contributed by atoms with Gasteiger partial charge in [0.15, 0.2) is 0 Å². The summed E-state index contributed by atoms with van der Waals surface area (Å²) in [6, 6.07) is 1.76. The van der Waals surface area contributed by atoms with Crippen LogP contribution in [-0.4, -0.2) is 35.8 Å². The number of aromatic amines is 1. The van der Waals surface area contributed by atoms with E-state index in [0.29, 0.717) is 29.7 Å². The molecule has 3 rings (SSSR count). The summed E-state index contributed by atoms with van der Waals surface area (Å²) >= 11 is 0. The van der Waals surface area contributed by atoms with Crippen molar-refractivity contribution in [2.75, 3.05) is 20.3 Å². The van der Waals surface area contributed by atoms with Crippen LogP contribution in [-0.2, 0) is 9.47 Å². The van der Waals surface area contributed by atoms with Crippen LogP contribution in [0.4, 0.5) is 0 Å². The second-order valence-electron chi connectivity index (χ2n) is 4.86. The molecule has 2 aromatic heterocycles. The highest BCUT2D eigenvalue weighted by Crippen LogP contribution is 2.22. The number of hydrogen-bond donors (Lipinski definition) is 1. The van der Waals surface area contributed by atoms with Gasteiger partial charge in [-0.15, -0.1) is 0 Å². The first-order chi connectivity index (χ1) is 9.72. The maximum Gasteiger partial charge on any atom is 0.341 e. The molecule has 0 bridgehead atoms. The van der Waals surface area contributed by atoms with Gasteiger partial charge in [0.1, 0.15) is 5.56 Å². The normalized spacial score (nSPS) is 16.4. The Morgan fingerprint density at radius 2 is 2.20 bits per heavy atom. The number of carbonyl (C=O) groups is 1. The van der Waals surface area contributed by atoms with Crippen molar-refractivity contribution in [1.29, 1.82) is 0 Å². The number of pyridine rings is 1. The van der Waals surface area contributed by atoms with Crippen molar-refractivity contribution in [3.05, 3.63) is 34.4 Å². The lowest BCUT2D eigenvalue weighted by Gasteiger charge is -2.24. The number of H-pyrrole nitrogens is 1. The number of methoxy groups -OCH3 is 1. The van der Waals surface area contributed by atoms with E-state index in [-0.39, 0.29) is 11.6 Å². The highest BCUT2D eigenvalue weighted by atomic mass is 16.5. The average Bonchev–Trinajstić information content (AvgIpc) is 2.98. The van der Waals surface area contributed by atoms with Crippen LogP contribution < -0.4 is 5.56 Å². The minimum absolute atomic E-state index is 0.0685. The minimum atomic E-state index is -0.446. The molecule has 1 saturated heterocycles. The van der Waals surface area contributed by atoms with E-state index in [1.165, 1.54) is 7.11 Å². The lowest BCUT2D eigenvalue weighted by molar-refractivity contribution is 0.0597. The van der Waals surface area contributed by atoms with Crippen molar-refractivity contribution in [3.63, 3.8) is 0 Å². The second-order valence-corrected chi connectivity index (χ2v) is 4.86. The van der Waals surface area contributed by atoms with E-state index in [1.54, 1.807) is 23.0 Å². The van der Waals surface area contributed by atoms with Crippen LogP contribution in [0, 0.1) is 0 Å². The Balaban J connectivity index is 2.18. The van der Waals surface area contributed by atoms with Crippen molar-refractivity contribution < 1.29 is 14.3 Å². The fourth-order valence-electron chi connectivity index (χ4n) is 2.67. The van der Waals surface area contributed by atoms with E-state index < -0.39 is 5.97 Å². The lowest BCUT2D eigenvalue weighted by atomic mass is 10.1. The van der Waals surface area contributed by atoms with Gasteiger partial charge in [-0.2, -0.15) is 0 Å². The van der Waals surface area contributed by atoms with Crippen molar-refractivity contribution >= 4 is 16.9 Å². The highest BCUT2D eigenvalue weighted by Gasteiger charge is 2.22. The molecule has 0 spiro atoms. The zero-order valence-corrected chi connectivity index (χ0v) is 11.2. The van der Waals surface area contributed by atoms with Gasteiger partial charge in [-0.05, 0) is 18.9 Å². The average molecular weight is 276 g/mol. The topological polar surface area (TPSA) is 73.3 Å². The Kier molecular flexibility index (Phi) is 3.31. The predicted molar refractivity (Wildman–Crippen MR) is 73.0 cm³/mol. The van der Waals surface area contributed by atoms with Gasteiger partial charge >= 0.3 is 5.97 Å². The van der Waals surface area contributed by atoms with Crippen molar-refractivity contribution in [2.24, 2.45) is 0 Å². The Bertz CT molecular complexity index is 695. The molecule has 0 amide bonds. The molecule has 0 radical (unpaired) electrons. The molecule has 0 unspecified atom stereocenters. The number of aromatic nitrogens is 2. The molecule has 3 heterocycles. The van der Waals surface area contributed by atoms with Crippen LogP contribution in [0.3, 0.4) is 0 Å². The van der Waals surface area contributed by atoms with Crippen molar-refractivity contribution in [1.82, 2.24) is 9.55 Å². The van der Waals surface area contributed by atoms with Crippen molar-refractivity contribution in [2.45, 2.75) is 18.9 Å². The van der Waals surface area contributed by atoms with E-state index >= 15 is 0 Å². The second kappa shape index (κ2) is 5.13. The number of fused-ring (bicyclic) bond motifs is 1. The summed E-state index contributed by atoms with van der Waals surface area (Å²) in [5, 5.41) is 0.513. The summed E-state index contributed by atoms with van der Waals surface area (Å²) in [5.41, 5.74) is 0.838. The molecular weight excluding hydrogens is 260 g/mol. The smallest absolute Gasteiger partial charge is 0.341 e. The summed E-state index contributed by atoms with van der Waals surface area (Å²) in [6.07, 6.45) is 4.81. The molecular formula is C14H16N2O4. The van der Waals surface area contributed by atoms with E-state index in [1.807, 2.05) is 0 Å². The summed E-state index contributed by atoms with van der Waals surface area (Å²) in [5.74, 6) is -0.446. The van der Waals surface area contributed by atoms with E-state index in [4.69, 9.17) is 9.47 Å². The van der Waals surface area contributed by atoms with E-state index in [9.17, 15) is 9.59 Å². The number of nitrogens with zero attached hydrogens (tertiary/aromatic N) is 1. The van der Waals surface area contributed by atoms with Crippen LogP contribution in [0.25, 0.3) is 10.9 Å². The summed E-state index contributed by atoms with van der Waals surface area (Å²) < 4.78 is 11.8. The zero-order valence-electron chi connectivity index (χ0n) is 11.2. The van der Waals surface area contributed by atoms with Crippen LogP contribution in [0.2, 0.25) is 0 Å². The molecule has 0 atom stereocenters. The zero-order chi connectivity index (χ0) is 14.1. The molecule has 0 aromatic carbocycles. The maximum absolute atomic E-state index is 12.5. The molecule has 20 heavy (non-hydrogen) atoms. The monoisotopic (exact) mass is 276 g/mol. The largest absolute Gasteiger partial charge is 0.465 e. The first kappa shape index (κ1) is 12.9. The molecule has 6 heteroatoms. The third-order valence-corrected chi connectivity index (χ3v) is 3.74. The third-order valence-electron chi connectivity index (χ3n) is 3.74. The summed E-state index contributed by atoms with van der Waals surface area (Å²) in [7, 11) is 1.33. The van der Waals surface area contributed by atoms with Crippen LogP contribution in [0.1, 0.15) is 29.2 Å². The van der Waals surface area contributed by atoms with Crippen LogP contribution in [0.15, 0.2) is 23.3 Å². The van der Waals surface area contributed by atoms with Gasteiger partial charge in [0.05, 0.1) is 18.0 Å². The Labute approximate surface area is 115 Å². The summed E-state index contributed by atoms with van der Waals surface area (Å²) in [4.78, 5) is 27.3. The number of ether oxygens (including phenoxy) is 2. The summed E-state index contributed by atoms with van der Waals surface area (Å²) in [6.45, 7) is 1.27. The standard InChI is InChI=1S/C14H16N2O4/c1-19-14(18)11-8-16(9-3-6-20-7-4-9)13(17)10-2-5-15-12(10)11/h2,5,8-9,15H,3-4,6-7H2,1H3. The molecule has 6 nitrogen and oxygen atoms in total. The van der Waals surface area contributed by atoms with Gasteiger partial charge in [0.2, 0.25) is 0 Å². The van der Waals surface area contributed by atoms with Gasteiger partial charge in [-0.1, -0.05) is 0 Å². The van der Waals surface area contributed by atoms with Gasteiger partial charge in [0.25, 0.3) is 5.56 Å². The van der Waals surface area contributed by atoms with E-state index in [2.05, 4.69) is 4.98 Å². The molecule has 0 aliphatic carbocycles. The quantitative estimate of drug-likeness (QED) is 0.843. The molecule has 1 aliphatic rings. The first-order valence-corrected chi connectivity index (χ1v) is 6.60.